The predicted octanol–water partition coefficient (Wildman–Crippen LogP) is 6.25. The van der Waals surface area contributed by atoms with E-state index in [2.05, 4.69) is 33.5 Å². The number of halogens is 3. The average Bonchev–Trinajstić information content (AvgIpc) is 3.70. The van der Waals surface area contributed by atoms with Crippen LogP contribution in [0.2, 0.25) is 0 Å². The average molecular weight is 757 g/mol. The Bertz CT molecular complexity index is 2360. The first kappa shape index (κ1) is 36.7. The minimum absolute atomic E-state index is 0.210. The van der Waals surface area contributed by atoms with Crippen molar-refractivity contribution in [3.05, 3.63) is 87.7 Å². The molecule has 0 bridgehead atoms. The van der Waals surface area contributed by atoms with Gasteiger partial charge in [-0.3, -0.25) is 33.5 Å². The Kier molecular flexibility index (Phi) is 9.60. The van der Waals surface area contributed by atoms with E-state index in [1.165, 1.54) is 17.7 Å². The second-order valence-electron chi connectivity index (χ2n) is 15.3. The molecule has 12 nitrogen and oxygen atoms in total. The second-order valence-corrected chi connectivity index (χ2v) is 15.3. The highest BCUT2D eigenvalue weighted by molar-refractivity contribution is 6.04. The number of pyridine rings is 1. The molecule has 0 spiro atoms. The summed E-state index contributed by atoms with van der Waals surface area (Å²) in [4.78, 5) is 56.5. The Morgan fingerprint density at radius 1 is 0.964 bits per heavy atom. The van der Waals surface area contributed by atoms with Gasteiger partial charge in [-0.05, 0) is 124 Å². The van der Waals surface area contributed by atoms with Gasteiger partial charge in [-0.2, -0.15) is 18.3 Å². The van der Waals surface area contributed by atoms with E-state index in [1.54, 1.807) is 34.4 Å². The molecular weight excluding hydrogens is 713 g/mol. The van der Waals surface area contributed by atoms with Gasteiger partial charge >= 0.3 is 11.9 Å². The van der Waals surface area contributed by atoms with Crippen molar-refractivity contribution < 1.29 is 27.6 Å². The zero-order chi connectivity index (χ0) is 38.6. The molecule has 5 aromatic rings. The van der Waals surface area contributed by atoms with Gasteiger partial charge in [0.15, 0.2) is 0 Å². The van der Waals surface area contributed by atoms with Crippen LogP contribution in [0.1, 0.15) is 96.7 Å². The lowest BCUT2D eigenvalue weighted by molar-refractivity contribution is -0.141. The van der Waals surface area contributed by atoms with Crippen LogP contribution in [0.3, 0.4) is 0 Å². The Labute approximate surface area is 314 Å². The van der Waals surface area contributed by atoms with Crippen LogP contribution in [0.5, 0.6) is 0 Å². The van der Waals surface area contributed by atoms with Gasteiger partial charge in [0.25, 0.3) is 5.91 Å². The summed E-state index contributed by atoms with van der Waals surface area (Å²) < 4.78 is 44.4. The van der Waals surface area contributed by atoms with Crippen molar-refractivity contribution in [3.63, 3.8) is 0 Å². The molecule has 3 aromatic heterocycles. The molecule has 1 saturated carbocycles. The Morgan fingerprint density at radius 3 is 2.45 bits per heavy atom. The SMILES string of the molecule is Cc1c(C2CCN(CC3CCC(n4cc5cc(NC(=O)c6cccc(C(F)(F)F)n6)ccc5n4)CC3)CC2)ccc2c1n(C)c(=O)n2C1CCC(=O)NC1=O. The van der Waals surface area contributed by atoms with Gasteiger partial charge in [-0.25, -0.2) is 9.78 Å². The number of nitrogens with one attached hydrogen (secondary N) is 2. The van der Waals surface area contributed by atoms with Crippen LogP contribution in [0.15, 0.2) is 59.5 Å². The topological polar surface area (TPSA) is 136 Å². The molecule has 3 fully saturated rings. The highest BCUT2D eigenvalue weighted by atomic mass is 19.4. The van der Waals surface area contributed by atoms with E-state index in [0.29, 0.717) is 23.9 Å². The molecule has 1 atom stereocenters. The number of anilines is 1. The first-order valence-corrected chi connectivity index (χ1v) is 18.9. The maximum absolute atomic E-state index is 13.4. The minimum Gasteiger partial charge on any atom is -0.321 e. The van der Waals surface area contributed by atoms with Crippen LogP contribution < -0.4 is 16.3 Å². The van der Waals surface area contributed by atoms with Crippen LogP contribution >= 0.6 is 0 Å². The van der Waals surface area contributed by atoms with Crippen molar-refractivity contribution in [2.75, 3.05) is 25.0 Å². The molecule has 0 radical (unpaired) electrons. The zero-order valence-corrected chi connectivity index (χ0v) is 30.7. The van der Waals surface area contributed by atoms with Crippen molar-refractivity contribution >= 4 is 45.3 Å². The minimum atomic E-state index is -4.64. The first-order valence-electron chi connectivity index (χ1n) is 18.9. The van der Waals surface area contributed by atoms with Crippen molar-refractivity contribution in [3.8, 4) is 0 Å². The molecular formula is C40H43F3N8O4. The van der Waals surface area contributed by atoms with E-state index < -0.39 is 29.7 Å². The van der Waals surface area contributed by atoms with Gasteiger partial charge in [0, 0.05) is 37.3 Å². The molecule has 2 saturated heterocycles. The third-order valence-corrected chi connectivity index (χ3v) is 11.8. The number of hydrogen-bond acceptors (Lipinski definition) is 7. The number of benzene rings is 2. The summed E-state index contributed by atoms with van der Waals surface area (Å²) in [6.07, 6.45) is 4.13. The third-order valence-electron chi connectivity index (χ3n) is 11.8. The van der Waals surface area contributed by atoms with E-state index in [9.17, 15) is 32.3 Å². The third kappa shape index (κ3) is 7.17. The molecule has 15 heteroatoms. The Morgan fingerprint density at radius 2 is 1.73 bits per heavy atom. The van der Waals surface area contributed by atoms with Crippen molar-refractivity contribution in [2.24, 2.45) is 13.0 Å². The number of carbonyl (C=O) groups excluding carboxylic acids is 3. The van der Waals surface area contributed by atoms with Gasteiger partial charge in [0.05, 0.1) is 22.6 Å². The fourth-order valence-electron chi connectivity index (χ4n) is 8.96. The quantitative estimate of drug-likeness (QED) is 0.188. The van der Waals surface area contributed by atoms with E-state index in [0.717, 1.165) is 91.7 Å². The molecule has 5 heterocycles. The number of likely N-dealkylation sites (tertiary alicyclic amines) is 1. The monoisotopic (exact) mass is 756 g/mol. The molecule has 288 valence electrons. The predicted molar refractivity (Wildman–Crippen MR) is 200 cm³/mol. The van der Waals surface area contributed by atoms with Gasteiger partial charge in [-0.15, -0.1) is 0 Å². The number of alkyl halides is 3. The second kappa shape index (κ2) is 14.4. The standard InChI is InChI=1S/C40H43F3N8O4/c1-23-29(11-13-32-36(23)48(2)39(55)51(32)33-14-15-35(52)46-38(33)54)25-16-18-49(19-17-25)21-24-6-9-28(10-7-24)50-22-26-20-27(8-12-30(26)47-50)44-37(53)31-4-3-5-34(45-31)40(41,42)43/h3-5,8,11-13,20,22,24-25,28,33H,6-7,9-10,14-19,21H2,1-2H3,(H,44,53)(H,46,52,54). The molecule has 2 N–H and O–H groups in total. The van der Waals surface area contributed by atoms with Crippen LogP contribution in [-0.4, -0.2) is 66.2 Å². The maximum Gasteiger partial charge on any atom is 0.433 e. The van der Waals surface area contributed by atoms with Crippen LogP contribution in [0.25, 0.3) is 21.9 Å². The van der Waals surface area contributed by atoms with Crippen LogP contribution in [0.4, 0.5) is 18.9 Å². The maximum atomic E-state index is 13.4. The fraction of sp³-hybridized carbons (Fsp3) is 0.450. The van der Waals surface area contributed by atoms with Crippen molar-refractivity contribution in [1.82, 2.24) is 34.1 Å². The molecule has 55 heavy (non-hydrogen) atoms. The first-order chi connectivity index (χ1) is 26.3. The van der Waals surface area contributed by atoms with Gasteiger partial charge in [-0.1, -0.05) is 12.1 Å². The highest BCUT2D eigenvalue weighted by Crippen LogP contribution is 2.37. The largest absolute Gasteiger partial charge is 0.433 e. The molecule has 2 aliphatic heterocycles. The van der Waals surface area contributed by atoms with Crippen LogP contribution in [-0.2, 0) is 22.8 Å². The Balaban J connectivity index is 0.850. The normalized spacial score (nSPS) is 21.7. The van der Waals surface area contributed by atoms with Gasteiger partial charge < -0.3 is 10.2 Å². The summed E-state index contributed by atoms with van der Waals surface area (Å²) >= 11 is 0. The van der Waals surface area contributed by atoms with Gasteiger partial charge in [0.1, 0.15) is 17.4 Å². The number of rotatable bonds is 7. The summed E-state index contributed by atoms with van der Waals surface area (Å²) in [5.74, 6) is -0.471. The van der Waals surface area contributed by atoms with Crippen molar-refractivity contribution in [2.45, 2.75) is 82.5 Å². The molecule has 3 aliphatic rings. The number of hydrogen-bond donors (Lipinski definition) is 2. The molecule has 3 amide bonds. The van der Waals surface area contributed by atoms with Crippen molar-refractivity contribution in [1.29, 1.82) is 0 Å². The smallest absolute Gasteiger partial charge is 0.321 e. The molecule has 8 rings (SSSR count). The summed E-state index contributed by atoms with van der Waals surface area (Å²) in [5.41, 5.74) is 3.44. The number of imidazole rings is 1. The van der Waals surface area contributed by atoms with E-state index in [4.69, 9.17) is 5.10 Å². The number of imide groups is 1. The lowest BCUT2D eigenvalue weighted by Crippen LogP contribution is -2.44. The molecule has 1 unspecified atom stereocenters. The highest BCUT2D eigenvalue weighted by Gasteiger charge is 2.34. The number of aromatic nitrogens is 5. The molecule has 2 aromatic carbocycles. The van der Waals surface area contributed by atoms with E-state index >= 15 is 0 Å². The summed E-state index contributed by atoms with van der Waals surface area (Å²) in [6.45, 7) is 5.14. The number of fused-ring (bicyclic) bond motifs is 2. The number of aryl methyl sites for hydroxylation is 2. The number of carbonyl (C=O) groups is 3. The Hall–Kier alpha value is -5.31. The fourth-order valence-corrected chi connectivity index (χ4v) is 8.96. The zero-order valence-electron chi connectivity index (χ0n) is 30.7. The lowest BCUT2D eigenvalue weighted by Gasteiger charge is -2.37. The summed E-state index contributed by atoms with van der Waals surface area (Å²) in [5, 5.41) is 10.7. The number of nitrogens with zero attached hydrogens (tertiary/aromatic N) is 6. The number of piperidine rings is 2. The van der Waals surface area contributed by atoms with E-state index in [1.807, 2.05) is 16.9 Å². The summed E-state index contributed by atoms with van der Waals surface area (Å²) in [7, 11) is 1.75. The lowest BCUT2D eigenvalue weighted by atomic mass is 9.83. The van der Waals surface area contributed by atoms with E-state index in [-0.39, 0.29) is 29.8 Å². The van der Waals surface area contributed by atoms with Gasteiger partial charge in [0.2, 0.25) is 11.8 Å². The van der Waals surface area contributed by atoms with Crippen LogP contribution in [0, 0.1) is 12.8 Å². The number of amides is 3. The molecule has 1 aliphatic carbocycles. The summed E-state index contributed by atoms with van der Waals surface area (Å²) in [6, 6.07) is 12.2.